The summed E-state index contributed by atoms with van der Waals surface area (Å²) in [5, 5.41) is 0. The predicted octanol–water partition coefficient (Wildman–Crippen LogP) is 5.04. The van der Waals surface area contributed by atoms with Crippen molar-refractivity contribution in [2.45, 2.75) is 26.1 Å². The number of alkyl halides is 3. The minimum atomic E-state index is -4.44. The lowest BCUT2D eigenvalue weighted by atomic mass is 10.1. The van der Waals surface area contributed by atoms with Gasteiger partial charge in [-0.2, -0.15) is 13.2 Å². The molecule has 25 heavy (non-hydrogen) atoms. The van der Waals surface area contributed by atoms with Crippen LogP contribution in [0.2, 0.25) is 0 Å². The molecule has 0 bridgehead atoms. The maximum Gasteiger partial charge on any atom is 0.433 e. The number of aromatic nitrogens is 2. The Morgan fingerprint density at radius 2 is 2.00 bits per heavy atom. The Hall–Kier alpha value is -2.63. The van der Waals surface area contributed by atoms with Gasteiger partial charge in [-0.1, -0.05) is 12.1 Å². The van der Waals surface area contributed by atoms with Gasteiger partial charge in [-0.05, 0) is 50.1 Å². The zero-order valence-electron chi connectivity index (χ0n) is 13.5. The molecule has 0 saturated heterocycles. The summed E-state index contributed by atoms with van der Waals surface area (Å²) in [6, 6.07) is 5.97. The summed E-state index contributed by atoms with van der Waals surface area (Å²) in [4.78, 5) is 7.92. The van der Waals surface area contributed by atoms with E-state index < -0.39 is 11.9 Å². The quantitative estimate of drug-likeness (QED) is 0.779. The van der Waals surface area contributed by atoms with Crippen LogP contribution in [0.4, 0.5) is 13.2 Å². The Labute approximate surface area is 143 Å². The van der Waals surface area contributed by atoms with Crippen LogP contribution in [0.15, 0.2) is 54.4 Å². The summed E-state index contributed by atoms with van der Waals surface area (Å²) in [5.74, 6) is 0.818. The first-order valence-corrected chi connectivity index (χ1v) is 7.76. The van der Waals surface area contributed by atoms with Crippen LogP contribution >= 0.6 is 0 Å². The maximum absolute atomic E-state index is 12.6. The molecule has 1 aliphatic carbocycles. The van der Waals surface area contributed by atoms with E-state index in [9.17, 15) is 13.2 Å². The highest BCUT2D eigenvalue weighted by molar-refractivity contribution is 5.58. The van der Waals surface area contributed by atoms with Crippen LogP contribution in [0.25, 0.3) is 11.3 Å². The van der Waals surface area contributed by atoms with Gasteiger partial charge in [-0.15, -0.1) is 0 Å². The Bertz CT molecular complexity index is 808. The van der Waals surface area contributed by atoms with Crippen molar-refractivity contribution in [1.82, 2.24) is 9.97 Å². The third-order valence-corrected chi connectivity index (χ3v) is 3.79. The van der Waals surface area contributed by atoms with E-state index in [0.717, 1.165) is 29.5 Å². The molecular weight excluding hydrogens is 329 g/mol. The van der Waals surface area contributed by atoms with Gasteiger partial charge >= 0.3 is 6.18 Å². The van der Waals surface area contributed by atoms with Crippen LogP contribution in [0.5, 0.6) is 0 Å². The molecule has 0 aliphatic heterocycles. The second-order valence-corrected chi connectivity index (χ2v) is 5.60. The third-order valence-electron chi connectivity index (χ3n) is 3.79. The molecule has 2 aromatic rings. The molecule has 0 atom stereocenters. The fourth-order valence-corrected chi connectivity index (χ4v) is 2.38. The van der Waals surface area contributed by atoms with Gasteiger partial charge in [-0.3, -0.25) is 9.97 Å². The highest BCUT2D eigenvalue weighted by Crippen LogP contribution is 2.29. The fourth-order valence-electron chi connectivity index (χ4n) is 2.38. The van der Waals surface area contributed by atoms with Crippen molar-refractivity contribution in [1.29, 1.82) is 0 Å². The molecule has 0 spiro atoms. The molecule has 2 aromatic heterocycles. The SMILES string of the molecule is Cc1nc(-c2ccc(C(F)(F)F)nc2)ccc1COC1=CC[CH]C=C1. The number of nitrogens with zero attached hydrogens (tertiary/aromatic N) is 2. The van der Waals surface area contributed by atoms with Gasteiger partial charge in [0.25, 0.3) is 0 Å². The topological polar surface area (TPSA) is 35.0 Å². The monoisotopic (exact) mass is 345 g/mol. The zero-order chi connectivity index (χ0) is 17.9. The molecule has 6 heteroatoms. The standard InChI is InChI=1S/C19H16F3N2O/c1-13-15(12-25-16-5-3-2-4-6-16)7-9-17(24-13)14-8-10-18(23-11-14)19(20,21)22/h2-3,5-11H,4,12H2,1H3. The van der Waals surface area contributed by atoms with Gasteiger partial charge in [0, 0.05) is 23.0 Å². The molecule has 1 radical (unpaired) electrons. The van der Waals surface area contributed by atoms with Crippen LogP contribution in [0, 0.1) is 13.3 Å². The molecule has 3 rings (SSSR count). The fraction of sp³-hybridized carbons (Fsp3) is 0.211. The molecule has 3 nitrogen and oxygen atoms in total. The first-order chi connectivity index (χ1) is 11.9. The largest absolute Gasteiger partial charge is 0.489 e. The molecule has 2 heterocycles. The van der Waals surface area contributed by atoms with Crippen molar-refractivity contribution in [2.24, 2.45) is 0 Å². The zero-order valence-corrected chi connectivity index (χ0v) is 13.5. The molecule has 0 unspecified atom stereocenters. The van der Waals surface area contributed by atoms with E-state index >= 15 is 0 Å². The van der Waals surface area contributed by atoms with Crippen molar-refractivity contribution >= 4 is 0 Å². The lowest BCUT2D eigenvalue weighted by Gasteiger charge is -2.12. The molecule has 0 fully saturated rings. The second kappa shape index (κ2) is 7.09. The summed E-state index contributed by atoms with van der Waals surface area (Å²) < 4.78 is 43.4. The lowest BCUT2D eigenvalue weighted by molar-refractivity contribution is -0.141. The average Bonchev–Trinajstić information content (AvgIpc) is 2.61. The van der Waals surface area contributed by atoms with Crippen molar-refractivity contribution in [3.63, 3.8) is 0 Å². The number of aryl methyl sites for hydroxylation is 1. The first kappa shape index (κ1) is 17.2. The molecule has 0 saturated carbocycles. The summed E-state index contributed by atoms with van der Waals surface area (Å²) in [6.07, 6.45) is 5.47. The van der Waals surface area contributed by atoms with Crippen LogP contribution in [0.1, 0.15) is 23.4 Å². The Balaban J connectivity index is 1.73. The number of halogens is 3. The molecule has 0 amide bonds. The van der Waals surface area contributed by atoms with Gasteiger partial charge in [0.15, 0.2) is 0 Å². The number of rotatable bonds is 4. The first-order valence-electron chi connectivity index (χ1n) is 7.76. The van der Waals surface area contributed by atoms with Crippen LogP contribution in [0.3, 0.4) is 0 Å². The van der Waals surface area contributed by atoms with Gasteiger partial charge in [0.05, 0.1) is 5.69 Å². The second-order valence-electron chi connectivity index (χ2n) is 5.60. The number of pyridine rings is 2. The minimum absolute atomic E-state index is 0.389. The molecule has 0 aromatic carbocycles. The van der Waals surface area contributed by atoms with Gasteiger partial charge < -0.3 is 4.74 Å². The van der Waals surface area contributed by atoms with E-state index in [-0.39, 0.29) is 0 Å². The minimum Gasteiger partial charge on any atom is -0.489 e. The van der Waals surface area contributed by atoms with Crippen molar-refractivity contribution in [3.05, 3.63) is 77.8 Å². The van der Waals surface area contributed by atoms with Crippen LogP contribution in [-0.4, -0.2) is 9.97 Å². The van der Waals surface area contributed by atoms with E-state index in [1.807, 2.05) is 37.6 Å². The van der Waals surface area contributed by atoms with Crippen LogP contribution in [-0.2, 0) is 17.5 Å². The van der Waals surface area contributed by atoms with Gasteiger partial charge in [-0.25, -0.2) is 0 Å². The molecule has 1 aliphatic rings. The van der Waals surface area contributed by atoms with Crippen LogP contribution < -0.4 is 0 Å². The predicted molar refractivity (Wildman–Crippen MR) is 88.1 cm³/mol. The maximum atomic E-state index is 12.6. The lowest BCUT2D eigenvalue weighted by Crippen LogP contribution is -2.07. The van der Waals surface area contributed by atoms with E-state index in [0.29, 0.717) is 17.9 Å². The van der Waals surface area contributed by atoms with E-state index in [1.54, 1.807) is 6.07 Å². The third kappa shape index (κ3) is 4.26. The Morgan fingerprint density at radius 3 is 2.60 bits per heavy atom. The van der Waals surface area contributed by atoms with Gasteiger partial charge in [0.1, 0.15) is 18.1 Å². The average molecular weight is 345 g/mol. The summed E-state index contributed by atoms with van der Waals surface area (Å²) in [7, 11) is 0. The molecule has 129 valence electrons. The summed E-state index contributed by atoms with van der Waals surface area (Å²) in [6.45, 7) is 2.24. The normalized spacial score (nSPS) is 14.3. The van der Waals surface area contributed by atoms with E-state index in [4.69, 9.17) is 4.74 Å². The molecule has 0 N–H and O–H groups in total. The van der Waals surface area contributed by atoms with Crippen molar-refractivity contribution in [2.75, 3.05) is 0 Å². The highest BCUT2D eigenvalue weighted by Gasteiger charge is 2.32. The highest BCUT2D eigenvalue weighted by atomic mass is 19.4. The number of allylic oxidation sites excluding steroid dienone is 3. The smallest absolute Gasteiger partial charge is 0.433 e. The number of hydrogen-bond donors (Lipinski definition) is 0. The Morgan fingerprint density at radius 1 is 1.16 bits per heavy atom. The van der Waals surface area contributed by atoms with E-state index in [2.05, 4.69) is 9.97 Å². The van der Waals surface area contributed by atoms with E-state index in [1.165, 1.54) is 12.3 Å². The summed E-state index contributed by atoms with van der Waals surface area (Å²) >= 11 is 0. The molecular formula is C19H16F3N2O. The van der Waals surface area contributed by atoms with Gasteiger partial charge in [0.2, 0.25) is 0 Å². The van der Waals surface area contributed by atoms with Crippen molar-refractivity contribution in [3.8, 4) is 11.3 Å². The number of hydrogen-bond acceptors (Lipinski definition) is 3. The Kier molecular flexibility index (Phi) is 4.88. The number of ether oxygens (including phenoxy) is 1. The summed E-state index contributed by atoms with van der Waals surface area (Å²) in [5.41, 5.74) is 1.90. The van der Waals surface area contributed by atoms with Crippen molar-refractivity contribution < 1.29 is 17.9 Å².